The molecule has 5 nitrogen and oxygen atoms in total. The Hall–Kier alpha value is -3.47. The minimum Gasteiger partial charge on any atom is -0.322 e. The van der Waals surface area contributed by atoms with Gasteiger partial charge in [-0.1, -0.05) is 42.5 Å². The molecule has 0 spiro atoms. The SMILES string of the molecule is CC(=O)c1cccc(NC(=O)c2ccc(-c3ccccc3)[nH]c2=O)c1. The summed E-state index contributed by atoms with van der Waals surface area (Å²) < 4.78 is 0. The molecule has 0 unspecified atom stereocenters. The fourth-order valence-corrected chi connectivity index (χ4v) is 2.45. The van der Waals surface area contributed by atoms with Crippen LogP contribution in [0.1, 0.15) is 27.6 Å². The molecule has 2 N–H and O–H groups in total. The summed E-state index contributed by atoms with van der Waals surface area (Å²) in [6.45, 7) is 1.45. The number of rotatable bonds is 4. The van der Waals surface area contributed by atoms with Crippen molar-refractivity contribution in [2.45, 2.75) is 6.92 Å². The third-order valence-corrected chi connectivity index (χ3v) is 3.77. The van der Waals surface area contributed by atoms with Crippen LogP contribution in [0.3, 0.4) is 0 Å². The Kier molecular flexibility index (Phi) is 4.57. The highest BCUT2D eigenvalue weighted by molar-refractivity contribution is 6.05. The van der Waals surface area contributed by atoms with Gasteiger partial charge in [-0.25, -0.2) is 0 Å². The number of anilines is 1. The van der Waals surface area contributed by atoms with Gasteiger partial charge in [0.25, 0.3) is 11.5 Å². The maximum absolute atomic E-state index is 12.3. The number of aromatic amines is 1. The minimum absolute atomic E-state index is 0.00732. The lowest BCUT2D eigenvalue weighted by Gasteiger charge is -2.07. The van der Waals surface area contributed by atoms with Crippen molar-refractivity contribution in [3.05, 3.63) is 88.2 Å². The number of hydrogen-bond acceptors (Lipinski definition) is 3. The number of pyridine rings is 1. The summed E-state index contributed by atoms with van der Waals surface area (Å²) in [6, 6.07) is 19.1. The Labute approximate surface area is 144 Å². The number of nitrogens with one attached hydrogen (secondary N) is 2. The predicted molar refractivity (Wildman–Crippen MR) is 96.9 cm³/mol. The van der Waals surface area contributed by atoms with Gasteiger partial charge < -0.3 is 10.3 Å². The van der Waals surface area contributed by atoms with Crippen LogP contribution >= 0.6 is 0 Å². The Bertz CT molecular complexity index is 991. The lowest BCUT2D eigenvalue weighted by atomic mass is 10.1. The van der Waals surface area contributed by atoms with Crippen molar-refractivity contribution in [2.75, 3.05) is 5.32 Å². The molecule has 0 aliphatic heterocycles. The third-order valence-electron chi connectivity index (χ3n) is 3.77. The summed E-state index contributed by atoms with van der Waals surface area (Å²) in [5.41, 5.74) is 1.99. The number of aromatic nitrogens is 1. The number of amides is 1. The van der Waals surface area contributed by atoms with E-state index in [4.69, 9.17) is 0 Å². The van der Waals surface area contributed by atoms with E-state index in [1.54, 1.807) is 30.3 Å². The van der Waals surface area contributed by atoms with Gasteiger partial charge in [0.15, 0.2) is 5.78 Å². The van der Waals surface area contributed by atoms with Gasteiger partial charge in [0.1, 0.15) is 5.56 Å². The summed E-state index contributed by atoms with van der Waals surface area (Å²) in [5, 5.41) is 2.64. The summed E-state index contributed by atoms with van der Waals surface area (Å²) in [4.78, 5) is 38.7. The molecule has 0 saturated carbocycles. The summed E-state index contributed by atoms with van der Waals surface area (Å²) in [7, 11) is 0. The highest BCUT2D eigenvalue weighted by atomic mass is 16.2. The first kappa shape index (κ1) is 16.4. The molecule has 1 amide bonds. The zero-order valence-electron chi connectivity index (χ0n) is 13.6. The lowest BCUT2D eigenvalue weighted by Crippen LogP contribution is -2.23. The largest absolute Gasteiger partial charge is 0.322 e. The Morgan fingerprint density at radius 3 is 2.36 bits per heavy atom. The molecule has 2 aromatic carbocycles. The van der Waals surface area contributed by atoms with Gasteiger partial charge in [0.05, 0.1) is 0 Å². The first-order valence-corrected chi connectivity index (χ1v) is 7.76. The Morgan fingerprint density at radius 2 is 1.68 bits per heavy atom. The highest BCUT2D eigenvalue weighted by Gasteiger charge is 2.12. The third kappa shape index (κ3) is 3.72. The molecule has 25 heavy (non-hydrogen) atoms. The van der Waals surface area contributed by atoms with Crippen molar-refractivity contribution >= 4 is 17.4 Å². The number of carbonyl (C=O) groups is 2. The topological polar surface area (TPSA) is 79.0 Å². The number of ketones is 1. The quantitative estimate of drug-likeness (QED) is 0.718. The first-order chi connectivity index (χ1) is 12.0. The van der Waals surface area contributed by atoms with E-state index in [0.29, 0.717) is 16.9 Å². The molecule has 124 valence electrons. The Balaban J connectivity index is 1.85. The summed E-state index contributed by atoms with van der Waals surface area (Å²) >= 11 is 0. The molecule has 1 aromatic heterocycles. The van der Waals surface area contributed by atoms with Gasteiger partial charge in [0, 0.05) is 16.9 Å². The van der Waals surface area contributed by atoms with E-state index in [2.05, 4.69) is 10.3 Å². The molecule has 0 aliphatic rings. The highest BCUT2D eigenvalue weighted by Crippen LogP contribution is 2.16. The molecular weight excluding hydrogens is 316 g/mol. The van der Waals surface area contributed by atoms with E-state index in [-0.39, 0.29) is 11.3 Å². The van der Waals surface area contributed by atoms with Gasteiger partial charge >= 0.3 is 0 Å². The van der Waals surface area contributed by atoms with Crippen LogP contribution in [0.4, 0.5) is 5.69 Å². The average Bonchev–Trinajstić information content (AvgIpc) is 2.62. The number of H-pyrrole nitrogens is 1. The molecule has 0 fully saturated rings. The molecule has 0 saturated heterocycles. The van der Waals surface area contributed by atoms with Crippen molar-refractivity contribution in [3.8, 4) is 11.3 Å². The summed E-state index contributed by atoms with van der Waals surface area (Å²) in [5.74, 6) is -0.622. The van der Waals surface area contributed by atoms with Crippen LogP contribution in [0, 0.1) is 0 Å². The van der Waals surface area contributed by atoms with Crippen LogP contribution in [0.15, 0.2) is 71.5 Å². The lowest BCUT2D eigenvalue weighted by molar-refractivity contribution is 0.101. The van der Waals surface area contributed by atoms with E-state index >= 15 is 0 Å². The van der Waals surface area contributed by atoms with Crippen LogP contribution in [-0.2, 0) is 0 Å². The molecule has 0 radical (unpaired) electrons. The number of Topliss-reactive ketones (excluding diaryl/α,β-unsaturated/α-hetero) is 1. The smallest absolute Gasteiger partial charge is 0.261 e. The molecule has 0 atom stereocenters. The van der Waals surface area contributed by atoms with E-state index in [0.717, 1.165) is 5.56 Å². The number of hydrogen-bond donors (Lipinski definition) is 2. The van der Waals surface area contributed by atoms with Gasteiger partial charge in [-0.05, 0) is 36.8 Å². The Morgan fingerprint density at radius 1 is 0.920 bits per heavy atom. The van der Waals surface area contributed by atoms with E-state index < -0.39 is 11.5 Å². The number of benzene rings is 2. The molecule has 3 aromatic rings. The van der Waals surface area contributed by atoms with Crippen LogP contribution in [0.2, 0.25) is 0 Å². The van der Waals surface area contributed by atoms with Crippen LogP contribution < -0.4 is 10.9 Å². The molecule has 5 heteroatoms. The fraction of sp³-hybridized carbons (Fsp3) is 0.0500. The van der Waals surface area contributed by atoms with Crippen LogP contribution in [0.25, 0.3) is 11.3 Å². The van der Waals surface area contributed by atoms with E-state index in [1.165, 1.54) is 13.0 Å². The second kappa shape index (κ2) is 6.97. The van der Waals surface area contributed by atoms with Crippen molar-refractivity contribution in [1.82, 2.24) is 4.98 Å². The monoisotopic (exact) mass is 332 g/mol. The first-order valence-electron chi connectivity index (χ1n) is 7.76. The van der Waals surface area contributed by atoms with Gasteiger partial charge in [0.2, 0.25) is 0 Å². The maximum atomic E-state index is 12.3. The predicted octanol–water partition coefficient (Wildman–Crippen LogP) is 3.50. The average molecular weight is 332 g/mol. The molecule has 1 heterocycles. The molecular formula is C20H16N2O3. The van der Waals surface area contributed by atoms with Gasteiger partial charge in [-0.2, -0.15) is 0 Å². The van der Waals surface area contributed by atoms with E-state index in [1.807, 2.05) is 30.3 Å². The van der Waals surface area contributed by atoms with Gasteiger partial charge in [-0.15, -0.1) is 0 Å². The maximum Gasteiger partial charge on any atom is 0.261 e. The van der Waals surface area contributed by atoms with Crippen LogP contribution in [-0.4, -0.2) is 16.7 Å². The normalized spacial score (nSPS) is 10.3. The standard InChI is InChI=1S/C20H16N2O3/c1-13(23)15-8-5-9-16(12-15)21-19(24)17-10-11-18(22-20(17)25)14-6-3-2-4-7-14/h2-12H,1H3,(H,21,24)(H,22,25). The molecule has 0 bridgehead atoms. The zero-order valence-corrected chi connectivity index (χ0v) is 13.6. The van der Waals surface area contributed by atoms with Crippen molar-refractivity contribution in [3.63, 3.8) is 0 Å². The fourth-order valence-electron chi connectivity index (χ4n) is 2.45. The molecule has 3 rings (SSSR count). The second-order valence-electron chi connectivity index (χ2n) is 5.57. The summed E-state index contributed by atoms with van der Waals surface area (Å²) in [6.07, 6.45) is 0. The zero-order chi connectivity index (χ0) is 17.8. The molecule has 0 aliphatic carbocycles. The van der Waals surface area contributed by atoms with Crippen molar-refractivity contribution in [1.29, 1.82) is 0 Å². The van der Waals surface area contributed by atoms with Crippen molar-refractivity contribution in [2.24, 2.45) is 0 Å². The number of carbonyl (C=O) groups excluding carboxylic acids is 2. The minimum atomic E-state index is -0.526. The van der Waals surface area contributed by atoms with E-state index in [9.17, 15) is 14.4 Å². The van der Waals surface area contributed by atoms with Crippen LogP contribution in [0.5, 0.6) is 0 Å². The van der Waals surface area contributed by atoms with Crippen molar-refractivity contribution < 1.29 is 9.59 Å². The second-order valence-corrected chi connectivity index (χ2v) is 5.57. The van der Waals surface area contributed by atoms with Gasteiger partial charge in [-0.3, -0.25) is 14.4 Å².